The van der Waals surface area contributed by atoms with Crippen molar-refractivity contribution in [1.82, 2.24) is 14.6 Å². The van der Waals surface area contributed by atoms with Crippen LogP contribution in [0, 0.1) is 0 Å². The normalized spacial score (nSPS) is 12.7. The molecule has 3 rings (SSSR count). The van der Waals surface area contributed by atoms with Gasteiger partial charge in [-0.1, -0.05) is 25.1 Å². The van der Waals surface area contributed by atoms with Gasteiger partial charge in [0.15, 0.2) is 10.8 Å². The number of hydrogen-bond acceptors (Lipinski definition) is 4. The molecule has 0 aliphatic heterocycles. The van der Waals surface area contributed by atoms with Gasteiger partial charge < -0.3 is 5.11 Å². The van der Waals surface area contributed by atoms with E-state index in [0.717, 1.165) is 27.7 Å². The monoisotopic (exact) mass is 285 g/mol. The summed E-state index contributed by atoms with van der Waals surface area (Å²) < 4.78 is 1.96. The number of nitrogens with zero attached hydrogens (tertiary/aromatic N) is 3. The van der Waals surface area contributed by atoms with Crippen molar-refractivity contribution in [3.8, 4) is 0 Å². The second-order valence-corrected chi connectivity index (χ2v) is 5.55. The van der Waals surface area contributed by atoms with Crippen LogP contribution in [-0.2, 0) is 0 Å². The van der Waals surface area contributed by atoms with E-state index >= 15 is 0 Å². The van der Waals surface area contributed by atoms with E-state index in [1.54, 1.807) is 11.8 Å². The molecule has 1 aromatic carbocycles. The van der Waals surface area contributed by atoms with Gasteiger partial charge in [-0.2, -0.15) is 0 Å². The van der Waals surface area contributed by atoms with Crippen molar-refractivity contribution >= 4 is 17.4 Å². The van der Waals surface area contributed by atoms with Crippen molar-refractivity contribution in [2.24, 2.45) is 0 Å². The molecule has 20 heavy (non-hydrogen) atoms. The Morgan fingerprint density at radius 3 is 2.70 bits per heavy atom. The number of pyridine rings is 1. The Labute approximate surface area is 121 Å². The van der Waals surface area contributed by atoms with E-state index in [0.29, 0.717) is 0 Å². The minimum absolute atomic E-state index is 0.386. The molecule has 0 saturated carbocycles. The summed E-state index contributed by atoms with van der Waals surface area (Å²) in [6, 6.07) is 13.8. The molecule has 0 aliphatic carbocycles. The van der Waals surface area contributed by atoms with Crippen molar-refractivity contribution in [3.63, 3.8) is 0 Å². The minimum Gasteiger partial charge on any atom is -0.388 e. The Kier molecular flexibility index (Phi) is 3.71. The summed E-state index contributed by atoms with van der Waals surface area (Å²) in [5.74, 6) is 0. The quantitative estimate of drug-likeness (QED) is 0.799. The lowest BCUT2D eigenvalue weighted by Gasteiger charge is -2.08. The van der Waals surface area contributed by atoms with E-state index in [1.165, 1.54) is 0 Å². The zero-order chi connectivity index (χ0) is 13.9. The molecule has 1 atom stereocenters. The molecule has 5 heteroatoms. The molecule has 4 nitrogen and oxygen atoms in total. The fourth-order valence-electron chi connectivity index (χ4n) is 1.99. The predicted molar refractivity (Wildman–Crippen MR) is 78.8 cm³/mol. The fourth-order valence-corrected chi connectivity index (χ4v) is 2.81. The average molecular weight is 285 g/mol. The summed E-state index contributed by atoms with van der Waals surface area (Å²) in [6.45, 7) is 1.97. The maximum Gasteiger partial charge on any atom is 0.200 e. The first-order valence-electron chi connectivity index (χ1n) is 6.53. The molecule has 3 aromatic rings. The Hall–Kier alpha value is -1.85. The van der Waals surface area contributed by atoms with Gasteiger partial charge in [0, 0.05) is 11.1 Å². The van der Waals surface area contributed by atoms with Crippen molar-refractivity contribution in [2.75, 3.05) is 0 Å². The number of aliphatic hydroxyl groups excluding tert-OH is 1. The molecule has 0 fully saturated rings. The highest BCUT2D eigenvalue weighted by atomic mass is 32.2. The molecule has 0 bridgehead atoms. The van der Waals surface area contributed by atoms with Crippen LogP contribution in [0.5, 0.6) is 0 Å². The van der Waals surface area contributed by atoms with Crippen molar-refractivity contribution < 1.29 is 5.11 Å². The zero-order valence-electron chi connectivity index (χ0n) is 11.1. The SMILES string of the molecule is CCC(O)c1ccc(Sc2nnc3ccccn23)cc1. The molecule has 0 saturated heterocycles. The number of hydrogen-bond donors (Lipinski definition) is 1. The van der Waals surface area contributed by atoms with Crippen molar-refractivity contribution in [1.29, 1.82) is 0 Å². The third kappa shape index (κ3) is 2.55. The second kappa shape index (κ2) is 5.64. The van der Waals surface area contributed by atoms with Gasteiger partial charge in [0.05, 0.1) is 6.10 Å². The maximum atomic E-state index is 9.78. The van der Waals surface area contributed by atoms with Crippen LogP contribution < -0.4 is 0 Å². The van der Waals surface area contributed by atoms with Gasteiger partial charge in [0.1, 0.15) is 0 Å². The van der Waals surface area contributed by atoms with Crippen LogP contribution in [0.1, 0.15) is 25.0 Å². The first-order chi connectivity index (χ1) is 9.78. The summed E-state index contributed by atoms with van der Waals surface area (Å²) in [7, 11) is 0. The number of aliphatic hydroxyl groups is 1. The van der Waals surface area contributed by atoms with E-state index in [4.69, 9.17) is 0 Å². The van der Waals surface area contributed by atoms with Gasteiger partial charge in [-0.25, -0.2) is 0 Å². The van der Waals surface area contributed by atoms with Crippen LogP contribution in [0.15, 0.2) is 58.7 Å². The maximum absolute atomic E-state index is 9.78. The molecule has 0 radical (unpaired) electrons. The smallest absolute Gasteiger partial charge is 0.200 e. The number of benzene rings is 1. The third-order valence-electron chi connectivity index (χ3n) is 3.14. The molecule has 0 spiro atoms. The summed E-state index contributed by atoms with van der Waals surface area (Å²) in [5, 5.41) is 18.9. The Morgan fingerprint density at radius 2 is 1.95 bits per heavy atom. The van der Waals surface area contributed by atoms with Gasteiger partial charge in [-0.15, -0.1) is 10.2 Å². The fraction of sp³-hybridized carbons (Fsp3) is 0.200. The van der Waals surface area contributed by atoms with Crippen LogP contribution in [0.2, 0.25) is 0 Å². The molecule has 2 heterocycles. The van der Waals surface area contributed by atoms with E-state index < -0.39 is 0 Å². The van der Waals surface area contributed by atoms with Crippen LogP contribution in [0.25, 0.3) is 5.65 Å². The standard InChI is InChI=1S/C15H15N3OS/c1-2-13(19)11-6-8-12(9-7-11)20-15-17-16-14-5-3-4-10-18(14)15/h3-10,13,19H,2H2,1H3. The number of aromatic nitrogens is 3. The van der Waals surface area contributed by atoms with Crippen LogP contribution in [0.4, 0.5) is 0 Å². The molecular weight excluding hydrogens is 270 g/mol. The molecular formula is C15H15N3OS. The largest absolute Gasteiger partial charge is 0.388 e. The van der Waals surface area contributed by atoms with Crippen LogP contribution in [-0.4, -0.2) is 19.7 Å². The lowest BCUT2D eigenvalue weighted by Crippen LogP contribution is -1.94. The first kappa shape index (κ1) is 13.1. The summed E-state index contributed by atoms with van der Waals surface area (Å²) in [6.07, 6.45) is 2.29. The van der Waals surface area contributed by atoms with Gasteiger partial charge in [-0.05, 0) is 48.0 Å². The summed E-state index contributed by atoms with van der Waals surface area (Å²) in [4.78, 5) is 1.08. The molecule has 2 aromatic heterocycles. The van der Waals surface area contributed by atoms with Gasteiger partial charge in [0.25, 0.3) is 0 Å². The highest BCUT2D eigenvalue weighted by Gasteiger charge is 2.08. The predicted octanol–water partition coefficient (Wildman–Crippen LogP) is 3.32. The van der Waals surface area contributed by atoms with Gasteiger partial charge in [-0.3, -0.25) is 4.40 Å². The van der Waals surface area contributed by atoms with E-state index in [2.05, 4.69) is 10.2 Å². The topological polar surface area (TPSA) is 50.4 Å². The zero-order valence-corrected chi connectivity index (χ0v) is 11.9. The van der Waals surface area contributed by atoms with Crippen LogP contribution in [0.3, 0.4) is 0 Å². The van der Waals surface area contributed by atoms with E-state index in [-0.39, 0.29) is 6.10 Å². The van der Waals surface area contributed by atoms with E-state index in [9.17, 15) is 5.11 Å². The molecule has 0 aliphatic rings. The minimum atomic E-state index is -0.386. The van der Waals surface area contributed by atoms with E-state index in [1.807, 2.05) is 60.0 Å². The molecule has 0 amide bonds. The summed E-state index contributed by atoms with van der Waals surface area (Å²) >= 11 is 1.56. The first-order valence-corrected chi connectivity index (χ1v) is 7.35. The molecule has 1 N–H and O–H groups in total. The third-order valence-corrected chi connectivity index (χ3v) is 4.11. The lowest BCUT2D eigenvalue weighted by atomic mass is 10.1. The van der Waals surface area contributed by atoms with Crippen molar-refractivity contribution in [2.45, 2.75) is 29.5 Å². The number of fused-ring (bicyclic) bond motifs is 1. The van der Waals surface area contributed by atoms with Gasteiger partial charge >= 0.3 is 0 Å². The van der Waals surface area contributed by atoms with Gasteiger partial charge in [0.2, 0.25) is 0 Å². The Bertz CT molecular complexity index is 708. The second-order valence-electron chi connectivity index (χ2n) is 4.51. The Morgan fingerprint density at radius 1 is 1.15 bits per heavy atom. The summed E-state index contributed by atoms with van der Waals surface area (Å²) in [5.41, 5.74) is 1.79. The average Bonchev–Trinajstić information content (AvgIpc) is 2.91. The van der Waals surface area contributed by atoms with Crippen molar-refractivity contribution in [3.05, 3.63) is 54.2 Å². The number of rotatable bonds is 4. The highest BCUT2D eigenvalue weighted by molar-refractivity contribution is 7.99. The molecule has 1 unspecified atom stereocenters. The van der Waals surface area contributed by atoms with Crippen LogP contribution >= 0.6 is 11.8 Å². The lowest BCUT2D eigenvalue weighted by molar-refractivity contribution is 0.173. The Balaban J connectivity index is 1.84. The highest BCUT2D eigenvalue weighted by Crippen LogP contribution is 2.28. The molecule has 102 valence electrons.